The quantitative estimate of drug-likeness (QED) is 0.695. The smallest absolute Gasteiger partial charge is 0.262 e. The molecule has 7 nitrogen and oxygen atoms in total. The number of carbonyl (C=O) groups is 2. The molecule has 0 saturated carbocycles. The van der Waals surface area contributed by atoms with Gasteiger partial charge in [-0.05, 0) is 52.9 Å². The number of amides is 2. The van der Waals surface area contributed by atoms with Crippen LogP contribution in [0.1, 0.15) is 10.4 Å². The van der Waals surface area contributed by atoms with Crippen LogP contribution < -0.4 is 24.8 Å². The number of carbonyl (C=O) groups excluding carboxylic acids is 2. The summed E-state index contributed by atoms with van der Waals surface area (Å²) in [6.45, 7) is -0.0114. The summed E-state index contributed by atoms with van der Waals surface area (Å²) in [5.74, 6) is 1.06. The van der Waals surface area contributed by atoms with Gasteiger partial charge in [-0.1, -0.05) is 0 Å². The Morgan fingerprint density at radius 1 is 1.20 bits per heavy atom. The highest BCUT2D eigenvalue weighted by atomic mass is 127. The molecular weight excluding hydrogens is 439 g/mol. The standard InChI is InChI=1S/C17H15IN2O5/c1-23-14-6-10(11(18)7-15(14)24-2)17(22)19-9-3-4-13-12(5-9)20-16(21)8-25-13/h3-7H,8H2,1-2H3,(H,19,22)(H,20,21). The molecule has 8 heteroatoms. The second-order valence-corrected chi connectivity index (χ2v) is 6.35. The van der Waals surface area contributed by atoms with Crippen molar-refractivity contribution >= 4 is 45.8 Å². The summed E-state index contributed by atoms with van der Waals surface area (Å²) in [4.78, 5) is 24.0. The van der Waals surface area contributed by atoms with Gasteiger partial charge in [0.2, 0.25) is 0 Å². The summed E-state index contributed by atoms with van der Waals surface area (Å²) in [6, 6.07) is 8.41. The molecule has 25 heavy (non-hydrogen) atoms. The Kier molecular flexibility index (Phi) is 4.98. The fraction of sp³-hybridized carbons (Fsp3) is 0.176. The Labute approximate surface area is 157 Å². The van der Waals surface area contributed by atoms with Gasteiger partial charge in [-0.3, -0.25) is 9.59 Å². The van der Waals surface area contributed by atoms with Crippen molar-refractivity contribution in [3.63, 3.8) is 0 Å². The predicted octanol–water partition coefficient (Wildman–Crippen LogP) is 2.89. The second-order valence-electron chi connectivity index (χ2n) is 5.19. The van der Waals surface area contributed by atoms with Gasteiger partial charge in [0.15, 0.2) is 18.1 Å². The minimum absolute atomic E-state index is 0.0114. The van der Waals surface area contributed by atoms with Gasteiger partial charge in [0.25, 0.3) is 11.8 Å². The molecule has 130 valence electrons. The SMILES string of the molecule is COc1cc(I)c(C(=O)Nc2ccc3c(c2)NC(=O)CO3)cc1OC. The van der Waals surface area contributed by atoms with Crippen LogP contribution in [-0.4, -0.2) is 32.6 Å². The van der Waals surface area contributed by atoms with Crippen LogP contribution in [0.25, 0.3) is 0 Å². The van der Waals surface area contributed by atoms with E-state index in [1.54, 1.807) is 30.3 Å². The molecule has 0 aromatic heterocycles. The number of halogens is 1. The van der Waals surface area contributed by atoms with Gasteiger partial charge in [0.05, 0.1) is 25.5 Å². The minimum atomic E-state index is -0.298. The average Bonchev–Trinajstić information content (AvgIpc) is 2.60. The molecule has 0 saturated heterocycles. The van der Waals surface area contributed by atoms with Crippen molar-refractivity contribution in [2.45, 2.75) is 0 Å². The fourth-order valence-corrected chi connectivity index (χ4v) is 3.07. The molecule has 0 spiro atoms. The average molecular weight is 454 g/mol. The van der Waals surface area contributed by atoms with Crippen LogP contribution in [0.15, 0.2) is 30.3 Å². The van der Waals surface area contributed by atoms with Gasteiger partial charge >= 0.3 is 0 Å². The van der Waals surface area contributed by atoms with Gasteiger partial charge in [-0.15, -0.1) is 0 Å². The van der Waals surface area contributed by atoms with Crippen LogP contribution in [0.5, 0.6) is 17.2 Å². The van der Waals surface area contributed by atoms with Crippen LogP contribution in [0.3, 0.4) is 0 Å². The number of nitrogens with one attached hydrogen (secondary N) is 2. The highest BCUT2D eigenvalue weighted by Gasteiger charge is 2.18. The summed E-state index contributed by atoms with van der Waals surface area (Å²) in [7, 11) is 3.05. The first kappa shape index (κ1) is 17.3. The topological polar surface area (TPSA) is 85.9 Å². The van der Waals surface area contributed by atoms with E-state index in [9.17, 15) is 9.59 Å². The minimum Gasteiger partial charge on any atom is -0.493 e. The number of benzene rings is 2. The lowest BCUT2D eigenvalue weighted by atomic mass is 10.1. The molecule has 1 aliphatic rings. The third kappa shape index (κ3) is 3.63. The number of hydrogen-bond acceptors (Lipinski definition) is 5. The number of rotatable bonds is 4. The molecular formula is C17H15IN2O5. The van der Waals surface area contributed by atoms with E-state index in [1.165, 1.54) is 14.2 Å². The van der Waals surface area contributed by atoms with E-state index in [4.69, 9.17) is 14.2 Å². The Balaban J connectivity index is 1.85. The summed E-state index contributed by atoms with van der Waals surface area (Å²) < 4.78 is 16.5. The van der Waals surface area contributed by atoms with Crippen LogP contribution in [0.4, 0.5) is 11.4 Å². The highest BCUT2D eigenvalue weighted by Crippen LogP contribution is 2.33. The van der Waals surface area contributed by atoms with Gasteiger partial charge < -0.3 is 24.8 Å². The molecule has 1 aliphatic heterocycles. The fourth-order valence-electron chi connectivity index (χ4n) is 2.39. The van der Waals surface area contributed by atoms with E-state index in [0.29, 0.717) is 34.2 Å². The first-order valence-electron chi connectivity index (χ1n) is 7.31. The van der Waals surface area contributed by atoms with Crippen LogP contribution in [-0.2, 0) is 4.79 Å². The summed E-state index contributed by atoms with van der Waals surface area (Å²) in [5.41, 5.74) is 1.52. The molecule has 0 bridgehead atoms. The molecule has 0 aliphatic carbocycles. The Morgan fingerprint density at radius 2 is 1.92 bits per heavy atom. The predicted molar refractivity (Wildman–Crippen MR) is 101 cm³/mol. The zero-order chi connectivity index (χ0) is 18.0. The van der Waals surface area contributed by atoms with E-state index >= 15 is 0 Å². The summed E-state index contributed by atoms with van der Waals surface area (Å²) in [6.07, 6.45) is 0. The molecule has 0 atom stereocenters. The number of methoxy groups -OCH3 is 2. The van der Waals surface area contributed by atoms with Crippen molar-refractivity contribution < 1.29 is 23.8 Å². The van der Waals surface area contributed by atoms with E-state index in [2.05, 4.69) is 33.2 Å². The van der Waals surface area contributed by atoms with Crippen molar-refractivity contribution in [3.05, 3.63) is 39.5 Å². The van der Waals surface area contributed by atoms with Gasteiger partial charge in [0, 0.05) is 9.26 Å². The van der Waals surface area contributed by atoms with Crippen LogP contribution >= 0.6 is 22.6 Å². The van der Waals surface area contributed by atoms with E-state index in [-0.39, 0.29) is 18.4 Å². The number of ether oxygens (including phenoxy) is 3. The van der Waals surface area contributed by atoms with Crippen molar-refractivity contribution in [2.24, 2.45) is 0 Å². The summed E-state index contributed by atoms with van der Waals surface area (Å²) >= 11 is 2.06. The van der Waals surface area contributed by atoms with E-state index in [0.717, 1.165) is 3.57 Å². The molecule has 0 unspecified atom stereocenters. The zero-order valence-corrected chi connectivity index (χ0v) is 15.7. The molecule has 3 rings (SSSR count). The van der Waals surface area contributed by atoms with Gasteiger partial charge in [0.1, 0.15) is 5.75 Å². The van der Waals surface area contributed by atoms with Gasteiger partial charge in [-0.25, -0.2) is 0 Å². The maximum atomic E-state index is 12.6. The third-order valence-electron chi connectivity index (χ3n) is 3.59. The summed E-state index contributed by atoms with van der Waals surface area (Å²) in [5, 5.41) is 5.51. The first-order valence-corrected chi connectivity index (χ1v) is 8.39. The van der Waals surface area contributed by atoms with Crippen molar-refractivity contribution in [3.8, 4) is 17.2 Å². The van der Waals surface area contributed by atoms with E-state index < -0.39 is 0 Å². The van der Waals surface area contributed by atoms with Crippen LogP contribution in [0.2, 0.25) is 0 Å². The first-order chi connectivity index (χ1) is 12.0. The molecule has 2 aromatic carbocycles. The van der Waals surface area contributed by atoms with Crippen LogP contribution in [0, 0.1) is 3.57 Å². The zero-order valence-electron chi connectivity index (χ0n) is 13.5. The number of anilines is 2. The maximum Gasteiger partial charge on any atom is 0.262 e. The molecule has 0 fully saturated rings. The third-order valence-corrected chi connectivity index (χ3v) is 4.48. The number of fused-ring (bicyclic) bond motifs is 1. The Hall–Kier alpha value is -2.49. The van der Waals surface area contributed by atoms with E-state index in [1.807, 2.05) is 0 Å². The Bertz CT molecular complexity index is 853. The monoisotopic (exact) mass is 454 g/mol. The number of hydrogen-bond donors (Lipinski definition) is 2. The Morgan fingerprint density at radius 3 is 2.64 bits per heavy atom. The lowest BCUT2D eigenvalue weighted by Crippen LogP contribution is -2.25. The molecule has 2 amide bonds. The molecule has 0 radical (unpaired) electrons. The van der Waals surface area contributed by atoms with Crippen molar-refractivity contribution in [1.29, 1.82) is 0 Å². The van der Waals surface area contributed by atoms with Crippen molar-refractivity contribution in [2.75, 3.05) is 31.5 Å². The lowest BCUT2D eigenvalue weighted by molar-refractivity contribution is -0.118. The maximum absolute atomic E-state index is 12.6. The molecule has 2 aromatic rings. The largest absolute Gasteiger partial charge is 0.493 e. The normalized spacial score (nSPS) is 12.5. The lowest BCUT2D eigenvalue weighted by Gasteiger charge is -2.19. The molecule has 2 N–H and O–H groups in total. The molecule has 1 heterocycles. The second kappa shape index (κ2) is 7.18. The van der Waals surface area contributed by atoms with Crippen molar-refractivity contribution in [1.82, 2.24) is 0 Å². The highest BCUT2D eigenvalue weighted by molar-refractivity contribution is 14.1. The van der Waals surface area contributed by atoms with Gasteiger partial charge in [-0.2, -0.15) is 0 Å².